The lowest BCUT2D eigenvalue weighted by Gasteiger charge is -2.41. The third-order valence-electron chi connectivity index (χ3n) is 5.71. The van der Waals surface area contributed by atoms with Gasteiger partial charge in [-0.25, -0.2) is 4.98 Å². The van der Waals surface area contributed by atoms with E-state index >= 15 is 0 Å². The summed E-state index contributed by atoms with van der Waals surface area (Å²) in [6.45, 7) is 4.47. The van der Waals surface area contributed by atoms with E-state index in [1.54, 1.807) is 24.1 Å². The largest absolute Gasteiger partial charge is 0.383 e. The lowest BCUT2D eigenvalue weighted by Crippen LogP contribution is -2.51. The van der Waals surface area contributed by atoms with Crippen molar-refractivity contribution in [2.24, 2.45) is 13.0 Å². The number of aromatic nitrogens is 2. The summed E-state index contributed by atoms with van der Waals surface area (Å²) in [6.07, 6.45) is 7.36. The van der Waals surface area contributed by atoms with Crippen LogP contribution in [0.2, 0.25) is 0 Å². The molecule has 2 amide bonds. The number of nitrogens with zero attached hydrogens (tertiary/aromatic N) is 4. The average molecular weight is 377 g/mol. The lowest BCUT2D eigenvalue weighted by molar-refractivity contribution is -0.127. The molecule has 2 aliphatic heterocycles. The molecule has 2 fully saturated rings. The van der Waals surface area contributed by atoms with Crippen LogP contribution in [0.5, 0.6) is 0 Å². The third kappa shape index (κ3) is 4.87. The summed E-state index contributed by atoms with van der Waals surface area (Å²) in [4.78, 5) is 33.5. The van der Waals surface area contributed by atoms with Crippen LogP contribution in [0, 0.1) is 5.92 Å². The summed E-state index contributed by atoms with van der Waals surface area (Å²) in [5.41, 5.74) is 0. The van der Waals surface area contributed by atoms with Gasteiger partial charge in [-0.15, -0.1) is 0 Å². The zero-order chi connectivity index (χ0) is 19.2. The smallest absolute Gasteiger partial charge is 0.289 e. The second kappa shape index (κ2) is 9.32. The number of carbonyl (C=O) groups excluding carboxylic acids is 2. The SMILES string of the molecule is COCCNC(=O)[C@@H]1CCCN(C2CCN(C(=O)c3nccn3C)CC2)C1. The van der Waals surface area contributed by atoms with Crippen molar-refractivity contribution in [3.8, 4) is 0 Å². The van der Waals surface area contributed by atoms with Crippen LogP contribution >= 0.6 is 0 Å². The van der Waals surface area contributed by atoms with Gasteiger partial charge >= 0.3 is 0 Å². The fraction of sp³-hybridized carbons (Fsp3) is 0.737. The molecule has 8 nitrogen and oxygen atoms in total. The van der Waals surface area contributed by atoms with Gasteiger partial charge in [-0.05, 0) is 32.2 Å². The molecule has 1 aromatic heterocycles. The van der Waals surface area contributed by atoms with Crippen molar-refractivity contribution in [1.29, 1.82) is 0 Å². The van der Waals surface area contributed by atoms with E-state index in [1.807, 2.05) is 11.9 Å². The van der Waals surface area contributed by atoms with Crippen LogP contribution in [-0.4, -0.2) is 83.6 Å². The predicted octanol–water partition coefficient (Wildman–Crippen LogP) is 0.499. The number of aryl methyl sites for hydroxylation is 1. The minimum atomic E-state index is 0.00925. The molecule has 0 unspecified atom stereocenters. The monoisotopic (exact) mass is 377 g/mol. The van der Waals surface area contributed by atoms with E-state index < -0.39 is 0 Å². The van der Waals surface area contributed by atoms with Gasteiger partial charge in [0.05, 0.1) is 12.5 Å². The Labute approximate surface area is 160 Å². The number of hydrogen-bond acceptors (Lipinski definition) is 5. The fourth-order valence-electron chi connectivity index (χ4n) is 4.12. The highest BCUT2D eigenvalue weighted by Gasteiger charge is 2.33. The van der Waals surface area contributed by atoms with Crippen LogP contribution in [0.15, 0.2) is 12.4 Å². The summed E-state index contributed by atoms with van der Waals surface area (Å²) in [5, 5.41) is 2.97. The topological polar surface area (TPSA) is 79.7 Å². The van der Waals surface area contributed by atoms with Crippen LogP contribution in [-0.2, 0) is 16.6 Å². The third-order valence-corrected chi connectivity index (χ3v) is 5.71. The number of nitrogens with one attached hydrogen (secondary N) is 1. The molecular weight excluding hydrogens is 346 g/mol. The second-order valence-corrected chi connectivity index (χ2v) is 7.50. The number of piperidine rings is 2. The minimum absolute atomic E-state index is 0.00925. The summed E-state index contributed by atoms with van der Waals surface area (Å²) >= 11 is 0. The molecule has 0 bridgehead atoms. The molecule has 27 heavy (non-hydrogen) atoms. The minimum Gasteiger partial charge on any atom is -0.383 e. The van der Waals surface area contributed by atoms with Crippen molar-refractivity contribution in [3.63, 3.8) is 0 Å². The number of likely N-dealkylation sites (tertiary alicyclic amines) is 2. The zero-order valence-electron chi connectivity index (χ0n) is 16.4. The number of hydrogen-bond donors (Lipinski definition) is 1. The Bertz CT molecular complexity index is 639. The molecule has 0 spiro atoms. The summed E-state index contributed by atoms with van der Waals surface area (Å²) < 4.78 is 6.77. The van der Waals surface area contributed by atoms with E-state index in [9.17, 15) is 9.59 Å². The van der Waals surface area contributed by atoms with E-state index in [2.05, 4.69) is 15.2 Å². The first-order valence-corrected chi connectivity index (χ1v) is 9.87. The standard InChI is InChI=1S/C19H31N5O3/c1-22-12-7-20-17(22)19(26)23-10-5-16(6-11-23)24-9-3-4-15(14-24)18(25)21-8-13-27-2/h7,12,15-16H,3-6,8-11,13-14H2,1-2H3,(H,21,25)/t15-/m1/s1. The quantitative estimate of drug-likeness (QED) is 0.731. The van der Waals surface area contributed by atoms with Crippen LogP contribution in [0.4, 0.5) is 0 Å². The van der Waals surface area contributed by atoms with Crippen molar-refractivity contribution in [2.75, 3.05) is 46.4 Å². The van der Waals surface area contributed by atoms with Gasteiger partial charge in [0.2, 0.25) is 5.91 Å². The van der Waals surface area contributed by atoms with Crippen molar-refractivity contribution < 1.29 is 14.3 Å². The van der Waals surface area contributed by atoms with Gasteiger partial charge in [0.25, 0.3) is 5.91 Å². The Morgan fingerprint density at radius 2 is 2.04 bits per heavy atom. The summed E-state index contributed by atoms with van der Waals surface area (Å²) in [5.74, 6) is 0.705. The van der Waals surface area contributed by atoms with Gasteiger partial charge in [-0.1, -0.05) is 0 Å². The molecule has 0 saturated carbocycles. The Morgan fingerprint density at radius 1 is 1.26 bits per heavy atom. The molecule has 0 aliphatic carbocycles. The van der Waals surface area contributed by atoms with E-state index in [0.717, 1.165) is 51.9 Å². The van der Waals surface area contributed by atoms with Crippen molar-refractivity contribution in [3.05, 3.63) is 18.2 Å². The maximum atomic E-state index is 12.6. The summed E-state index contributed by atoms with van der Waals surface area (Å²) in [6, 6.07) is 0.449. The normalized spacial score (nSPS) is 22.0. The molecule has 0 aromatic carbocycles. The number of rotatable bonds is 6. The highest BCUT2D eigenvalue weighted by atomic mass is 16.5. The van der Waals surface area contributed by atoms with Gasteiger partial charge in [0.15, 0.2) is 5.82 Å². The van der Waals surface area contributed by atoms with Gasteiger partial charge < -0.3 is 19.5 Å². The molecule has 2 saturated heterocycles. The number of imidazole rings is 1. The molecule has 1 atom stereocenters. The summed E-state index contributed by atoms with van der Waals surface area (Å²) in [7, 11) is 3.48. The second-order valence-electron chi connectivity index (χ2n) is 7.50. The van der Waals surface area contributed by atoms with E-state index in [1.165, 1.54) is 0 Å². The van der Waals surface area contributed by atoms with Crippen LogP contribution in [0.3, 0.4) is 0 Å². The number of methoxy groups -OCH3 is 1. The highest BCUT2D eigenvalue weighted by molar-refractivity contribution is 5.90. The van der Waals surface area contributed by atoms with Crippen molar-refractivity contribution >= 4 is 11.8 Å². The molecule has 1 N–H and O–H groups in total. The molecule has 8 heteroatoms. The highest BCUT2D eigenvalue weighted by Crippen LogP contribution is 2.24. The van der Waals surface area contributed by atoms with E-state index in [4.69, 9.17) is 4.74 Å². The van der Waals surface area contributed by atoms with Crippen LogP contribution < -0.4 is 5.32 Å². The number of carbonyl (C=O) groups is 2. The Morgan fingerprint density at radius 3 is 2.70 bits per heavy atom. The van der Waals surface area contributed by atoms with Crippen LogP contribution in [0.1, 0.15) is 36.3 Å². The van der Waals surface area contributed by atoms with Gasteiger partial charge in [-0.2, -0.15) is 0 Å². The molecule has 2 aliphatic rings. The number of ether oxygens (including phenoxy) is 1. The maximum absolute atomic E-state index is 12.6. The van der Waals surface area contributed by atoms with Crippen LogP contribution in [0.25, 0.3) is 0 Å². The Balaban J connectivity index is 1.48. The predicted molar refractivity (Wildman–Crippen MR) is 101 cm³/mol. The first-order chi connectivity index (χ1) is 13.1. The van der Waals surface area contributed by atoms with Crippen molar-refractivity contribution in [2.45, 2.75) is 31.7 Å². The maximum Gasteiger partial charge on any atom is 0.289 e. The first-order valence-electron chi connectivity index (χ1n) is 9.87. The first kappa shape index (κ1) is 19.8. The van der Waals surface area contributed by atoms with Gasteiger partial charge in [-0.3, -0.25) is 14.5 Å². The Kier molecular flexibility index (Phi) is 6.84. The van der Waals surface area contributed by atoms with Gasteiger partial charge in [0.1, 0.15) is 0 Å². The van der Waals surface area contributed by atoms with E-state index in [-0.39, 0.29) is 17.7 Å². The average Bonchev–Trinajstić information content (AvgIpc) is 3.13. The Hall–Kier alpha value is -1.93. The molecular formula is C19H31N5O3. The molecule has 3 heterocycles. The van der Waals surface area contributed by atoms with E-state index in [0.29, 0.717) is 25.0 Å². The van der Waals surface area contributed by atoms with Crippen molar-refractivity contribution in [1.82, 2.24) is 24.7 Å². The molecule has 150 valence electrons. The zero-order valence-corrected chi connectivity index (χ0v) is 16.4. The molecule has 3 rings (SSSR count). The lowest BCUT2D eigenvalue weighted by atomic mass is 9.93. The molecule has 1 aromatic rings. The number of amides is 2. The molecule has 0 radical (unpaired) electrons. The van der Waals surface area contributed by atoms with Gasteiger partial charge in [0, 0.05) is 58.8 Å². The fourth-order valence-corrected chi connectivity index (χ4v) is 4.12.